The zero-order valence-corrected chi connectivity index (χ0v) is 15.3. The molecular formula is C19H30N2O4. The van der Waals surface area contributed by atoms with E-state index in [0.29, 0.717) is 24.9 Å². The van der Waals surface area contributed by atoms with Crippen LogP contribution in [0.2, 0.25) is 0 Å². The molecule has 1 saturated heterocycles. The van der Waals surface area contributed by atoms with Crippen LogP contribution in [0.15, 0.2) is 0 Å². The summed E-state index contributed by atoms with van der Waals surface area (Å²) in [5.41, 5.74) is 0. The second kappa shape index (κ2) is 6.69. The maximum absolute atomic E-state index is 12.6. The third-order valence-electron chi connectivity index (χ3n) is 6.49. The van der Waals surface area contributed by atoms with Crippen molar-refractivity contribution in [2.24, 2.45) is 23.7 Å². The first-order valence-electron chi connectivity index (χ1n) is 9.90. The second-order valence-corrected chi connectivity index (χ2v) is 8.81. The molecule has 25 heavy (non-hydrogen) atoms. The second-order valence-electron chi connectivity index (χ2n) is 8.81. The molecular weight excluding hydrogens is 320 g/mol. The number of alkyl carbamates (subject to hydrolysis) is 1. The van der Waals surface area contributed by atoms with Crippen molar-refractivity contribution in [3.63, 3.8) is 0 Å². The normalized spacial score (nSPS) is 38.9. The Labute approximate surface area is 149 Å². The summed E-state index contributed by atoms with van der Waals surface area (Å²) in [5.74, 6) is 2.92. The fraction of sp³-hybridized carbons (Fsp3) is 0.895. The Bertz CT molecular complexity index is 508. The van der Waals surface area contributed by atoms with Crippen molar-refractivity contribution >= 4 is 12.2 Å². The van der Waals surface area contributed by atoms with Crippen LogP contribution in [-0.4, -0.2) is 48.4 Å². The SMILES string of the molecule is CC(C)OC(=O)NC1CCN(C(=O)OC2C3CC4CC(C3)CC2C4)C1. The Balaban J connectivity index is 1.27. The number of nitrogens with zero attached hydrogens (tertiary/aromatic N) is 1. The monoisotopic (exact) mass is 350 g/mol. The number of ether oxygens (including phenoxy) is 2. The molecule has 4 saturated carbocycles. The Morgan fingerprint density at radius 3 is 2.28 bits per heavy atom. The molecule has 6 nitrogen and oxygen atoms in total. The van der Waals surface area contributed by atoms with Crippen molar-refractivity contribution in [2.45, 2.75) is 70.6 Å². The minimum Gasteiger partial charge on any atom is -0.447 e. The molecule has 0 aromatic carbocycles. The molecule has 5 rings (SSSR count). The summed E-state index contributed by atoms with van der Waals surface area (Å²) in [6.07, 6.45) is 6.52. The van der Waals surface area contributed by atoms with Gasteiger partial charge in [0, 0.05) is 13.1 Å². The predicted octanol–water partition coefficient (Wildman–Crippen LogP) is 3.16. The van der Waals surface area contributed by atoms with E-state index in [1.165, 1.54) is 32.1 Å². The minimum absolute atomic E-state index is 0.0442. The first-order valence-corrected chi connectivity index (χ1v) is 9.90. The van der Waals surface area contributed by atoms with Gasteiger partial charge in [0.15, 0.2) is 0 Å². The van der Waals surface area contributed by atoms with Crippen LogP contribution in [0.4, 0.5) is 9.59 Å². The zero-order valence-electron chi connectivity index (χ0n) is 15.3. The zero-order chi connectivity index (χ0) is 17.6. The van der Waals surface area contributed by atoms with E-state index in [0.717, 1.165) is 18.3 Å². The number of nitrogens with one attached hydrogen (secondary N) is 1. The van der Waals surface area contributed by atoms with Crippen molar-refractivity contribution in [3.05, 3.63) is 0 Å². The first-order chi connectivity index (χ1) is 12.0. The molecule has 4 bridgehead atoms. The number of likely N-dealkylation sites (tertiary alicyclic amines) is 1. The highest BCUT2D eigenvalue weighted by molar-refractivity contribution is 5.70. The Morgan fingerprint density at radius 1 is 1.04 bits per heavy atom. The van der Waals surface area contributed by atoms with Gasteiger partial charge in [0.25, 0.3) is 0 Å². The van der Waals surface area contributed by atoms with Gasteiger partial charge >= 0.3 is 12.2 Å². The van der Waals surface area contributed by atoms with E-state index in [1.54, 1.807) is 4.90 Å². The van der Waals surface area contributed by atoms with Crippen molar-refractivity contribution < 1.29 is 19.1 Å². The summed E-state index contributed by atoms with van der Waals surface area (Å²) in [5, 5.41) is 2.84. The fourth-order valence-electron chi connectivity index (χ4n) is 5.72. The summed E-state index contributed by atoms with van der Waals surface area (Å²) < 4.78 is 11.1. The first kappa shape index (κ1) is 17.0. The molecule has 2 amide bonds. The summed E-state index contributed by atoms with van der Waals surface area (Å²) in [4.78, 5) is 26.0. The van der Waals surface area contributed by atoms with E-state index < -0.39 is 6.09 Å². The largest absolute Gasteiger partial charge is 0.447 e. The molecule has 1 N–H and O–H groups in total. The van der Waals surface area contributed by atoms with E-state index in [1.807, 2.05) is 13.8 Å². The average molecular weight is 350 g/mol. The smallest absolute Gasteiger partial charge is 0.410 e. The number of hydrogen-bond donors (Lipinski definition) is 1. The molecule has 6 heteroatoms. The van der Waals surface area contributed by atoms with Crippen LogP contribution in [0.1, 0.15) is 52.4 Å². The van der Waals surface area contributed by atoms with Crippen LogP contribution in [0.5, 0.6) is 0 Å². The molecule has 0 aromatic rings. The van der Waals surface area contributed by atoms with E-state index >= 15 is 0 Å². The fourth-order valence-corrected chi connectivity index (χ4v) is 5.72. The van der Waals surface area contributed by atoms with E-state index in [2.05, 4.69) is 5.32 Å². The van der Waals surface area contributed by atoms with Gasteiger partial charge in [0.2, 0.25) is 0 Å². The molecule has 1 unspecified atom stereocenters. The number of carbonyl (C=O) groups is 2. The van der Waals surface area contributed by atoms with Crippen molar-refractivity contribution in [1.29, 1.82) is 0 Å². The molecule has 5 fully saturated rings. The molecule has 0 spiro atoms. The van der Waals surface area contributed by atoms with Gasteiger partial charge in [-0.3, -0.25) is 0 Å². The highest BCUT2D eigenvalue weighted by Crippen LogP contribution is 2.54. The summed E-state index contributed by atoms with van der Waals surface area (Å²) >= 11 is 0. The Morgan fingerprint density at radius 2 is 1.68 bits per heavy atom. The maximum atomic E-state index is 12.6. The highest BCUT2D eigenvalue weighted by atomic mass is 16.6. The summed E-state index contributed by atoms with van der Waals surface area (Å²) in [6.45, 7) is 4.80. The number of carbonyl (C=O) groups excluding carboxylic acids is 2. The third-order valence-corrected chi connectivity index (χ3v) is 6.49. The third kappa shape index (κ3) is 3.58. The predicted molar refractivity (Wildman–Crippen MR) is 92.0 cm³/mol. The van der Waals surface area contributed by atoms with Gasteiger partial charge in [-0.2, -0.15) is 0 Å². The van der Waals surface area contributed by atoms with Crippen molar-refractivity contribution in [1.82, 2.24) is 10.2 Å². The number of rotatable bonds is 3. The summed E-state index contributed by atoms with van der Waals surface area (Å²) in [7, 11) is 0. The van der Waals surface area contributed by atoms with Crippen LogP contribution in [-0.2, 0) is 9.47 Å². The van der Waals surface area contributed by atoms with E-state index in [9.17, 15) is 9.59 Å². The van der Waals surface area contributed by atoms with Gasteiger partial charge in [0.05, 0.1) is 12.1 Å². The topological polar surface area (TPSA) is 67.9 Å². The molecule has 140 valence electrons. The van der Waals surface area contributed by atoms with Gasteiger partial charge in [-0.05, 0) is 76.0 Å². The van der Waals surface area contributed by atoms with Crippen LogP contribution in [0, 0.1) is 23.7 Å². The molecule has 1 atom stereocenters. The highest BCUT2D eigenvalue weighted by Gasteiger charge is 2.50. The van der Waals surface area contributed by atoms with Crippen LogP contribution in [0.25, 0.3) is 0 Å². The van der Waals surface area contributed by atoms with Crippen LogP contribution in [0.3, 0.4) is 0 Å². The van der Waals surface area contributed by atoms with Gasteiger partial charge in [0.1, 0.15) is 6.10 Å². The number of amides is 2. The molecule has 0 aromatic heterocycles. The van der Waals surface area contributed by atoms with E-state index in [4.69, 9.17) is 9.47 Å². The molecule has 0 radical (unpaired) electrons. The standard InChI is InChI=1S/C19H30N2O4/c1-11(2)24-18(22)20-16-3-4-21(10-16)19(23)25-17-14-6-12-5-13(8-14)9-15(17)7-12/h11-17H,3-10H2,1-2H3,(H,20,22). The lowest BCUT2D eigenvalue weighted by molar-refractivity contribution is -0.101. The van der Waals surface area contributed by atoms with Gasteiger partial charge in [-0.25, -0.2) is 9.59 Å². The van der Waals surface area contributed by atoms with Crippen molar-refractivity contribution in [3.8, 4) is 0 Å². The minimum atomic E-state index is -0.406. The average Bonchev–Trinajstić information content (AvgIpc) is 2.97. The quantitative estimate of drug-likeness (QED) is 0.849. The van der Waals surface area contributed by atoms with E-state index in [-0.39, 0.29) is 24.3 Å². The maximum Gasteiger partial charge on any atom is 0.410 e. The van der Waals surface area contributed by atoms with Gasteiger partial charge in [-0.15, -0.1) is 0 Å². The molecule has 1 heterocycles. The lowest BCUT2D eigenvalue weighted by Gasteiger charge is -2.53. The molecule has 1 aliphatic heterocycles. The molecule has 5 aliphatic rings. The van der Waals surface area contributed by atoms with Gasteiger partial charge < -0.3 is 19.7 Å². The molecule has 4 aliphatic carbocycles. The summed E-state index contributed by atoms with van der Waals surface area (Å²) in [6, 6.07) is -0.0442. The van der Waals surface area contributed by atoms with Gasteiger partial charge in [-0.1, -0.05) is 0 Å². The lowest BCUT2D eigenvalue weighted by Crippen LogP contribution is -2.51. The lowest BCUT2D eigenvalue weighted by atomic mass is 9.55. The van der Waals surface area contributed by atoms with Crippen LogP contribution >= 0.6 is 0 Å². The Kier molecular flexibility index (Phi) is 4.54. The van der Waals surface area contributed by atoms with Crippen molar-refractivity contribution in [2.75, 3.05) is 13.1 Å². The number of hydrogen-bond acceptors (Lipinski definition) is 4. The van der Waals surface area contributed by atoms with Crippen LogP contribution < -0.4 is 5.32 Å². The Hall–Kier alpha value is -1.46.